The van der Waals surface area contributed by atoms with Crippen LogP contribution >= 0.6 is 0 Å². The summed E-state index contributed by atoms with van der Waals surface area (Å²) in [5.41, 5.74) is -0.928. The molecule has 0 aliphatic carbocycles. The minimum atomic E-state index is -3.38. The lowest BCUT2D eigenvalue weighted by molar-refractivity contribution is 0.146. The molecule has 3 aromatic rings. The second kappa shape index (κ2) is 8.35. The Kier molecular flexibility index (Phi) is 5.93. The fourth-order valence-corrected chi connectivity index (χ4v) is 5.35. The molecule has 1 aliphatic rings. The number of benzene rings is 1. The Hall–Kier alpha value is -2.99. The van der Waals surface area contributed by atoms with Crippen molar-refractivity contribution < 1.29 is 21.6 Å². The minimum absolute atomic E-state index is 0.0457. The van der Waals surface area contributed by atoms with Crippen LogP contribution in [0.5, 0.6) is 0 Å². The molecule has 1 aromatic carbocycles. The molecule has 0 bridgehead atoms. The van der Waals surface area contributed by atoms with Crippen LogP contribution in [0.3, 0.4) is 0 Å². The van der Waals surface area contributed by atoms with E-state index in [9.17, 15) is 26.4 Å². The first kappa shape index (κ1) is 24.1. The molecule has 0 radical (unpaired) electrons. The fourth-order valence-electron chi connectivity index (χ4n) is 4.31. The van der Waals surface area contributed by atoms with Crippen molar-refractivity contribution in [2.45, 2.75) is 31.7 Å². The normalized spacial score (nSPS) is 17.1. The summed E-state index contributed by atoms with van der Waals surface area (Å²) in [6, 6.07) is 4.72. The lowest BCUT2D eigenvalue weighted by atomic mass is 9.77. The molecule has 0 spiro atoms. The van der Waals surface area contributed by atoms with Crippen molar-refractivity contribution in [2.24, 2.45) is 7.05 Å². The van der Waals surface area contributed by atoms with Crippen LogP contribution in [-0.2, 0) is 22.5 Å². The summed E-state index contributed by atoms with van der Waals surface area (Å²) in [5.74, 6) is -0.703. The van der Waals surface area contributed by atoms with Crippen molar-refractivity contribution in [3.05, 3.63) is 63.5 Å². The van der Waals surface area contributed by atoms with E-state index < -0.39 is 39.3 Å². The van der Waals surface area contributed by atoms with Crippen LogP contribution in [0, 0.1) is 5.82 Å². The Bertz CT molecular complexity index is 1440. The van der Waals surface area contributed by atoms with Gasteiger partial charge in [0.25, 0.3) is 12.0 Å². The predicted octanol–water partition coefficient (Wildman–Crippen LogP) is 3.11. The molecule has 4 rings (SSSR count). The monoisotopic (exact) mass is 495 g/mol. The standard InChI is InChI=1S/C22H24F3N5O3S/c1-12(13-6-5-7-14(17(13)23)18(24)25)28-19-15-8-16(21(31)29(3)20(15)27-11-26-19)22(2)9-30(10-22)34(4,32)33/h5-8,11-12,18H,9-10H2,1-4H3,(H,26,27,28)/t12-/m1/s1. The Morgan fingerprint density at radius 1 is 1.18 bits per heavy atom. The number of sulfonamides is 1. The number of fused-ring (bicyclic) bond motifs is 1. The van der Waals surface area contributed by atoms with Crippen LogP contribution in [0.2, 0.25) is 0 Å². The zero-order valence-electron chi connectivity index (χ0n) is 19.0. The predicted molar refractivity (Wildman–Crippen MR) is 122 cm³/mol. The number of nitrogens with zero attached hydrogens (tertiary/aromatic N) is 4. The highest BCUT2D eigenvalue weighted by atomic mass is 32.2. The van der Waals surface area contributed by atoms with Crippen LogP contribution < -0.4 is 10.9 Å². The molecule has 0 amide bonds. The summed E-state index contributed by atoms with van der Waals surface area (Å²) in [5, 5.41) is 3.51. The van der Waals surface area contributed by atoms with Gasteiger partial charge < -0.3 is 5.32 Å². The van der Waals surface area contributed by atoms with Crippen molar-refractivity contribution in [2.75, 3.05) is 24.7 Å². The molecule has 1 fully saturated rings. The van der Waals surface area contributed by atoms with Gasteiger partial charge in [-0.2, -0.15) is 0 Å². The third kappa shape index (κ3) is 4.05. The van der Waals surface area contributed by atoms with Crippen molar-refractivity contribution in [3.63, 3.8) is 0 Å². The summed E-state index contributed by atoms with van der Waals surface area (Å²) < 4.78 is 67.2. The smallest absolute Gasteiger partial charge is 0.266 e. The van der Waals surface area contributed by atoms with E-state index in [1.165, 1.54) is 27.3 Å². The lowest BCUT2D eigenvalue weighted by Gasteiger charge is -2.46. The van der Waals surface area contributed by atoms with Gasteiger partial charge in [-0.3, -0.25) is 9.36 Å². The lowest BCUT2D eigenvalue weighted by Crippen LogP contribution is -2.60. The van der Waals surface area contributed by atoms with Crippen molar-refractivity contribution in [3.8, 4) is 0 Å². The number of hydrogen-bond donors (Lipinski definition) is 1. The summed E-state index contributed by atoms with van der Waals surface area (Å²) in [6.07, 6.45) is -0.581. The van der Waals surface area contributed by atoms with E-state index in [1.807, 2.05) is 6.92 Å². The van der Waals surface area contributed by atoms with Crippen molar-refractivity contribution in [1.29, 1.82) is 0 Å². The number of alkyl halides is 2. The van der Waals surface area contributed by atoms with Gasteiger partial charge in [-0.15, -0.1) is 0 Å². The maximum Gasteiger partial charge on any atom is 0.266 e. The minimum Gasteiger partial charge on any atom is -0.363 e. The average molecular weight is 496 g/mol. The molecule has 34 heavy (non-hydrogen) atoms. The number of halogens is 3. The Morgan fingerprint density at radius 3 is 2.44 bits per heavy atom. The Balaban J connectivity index is 1.76. The fraction of sp³-hybridized carbons (Fsp3) is 0.409. The molecular formula is C22H24F3N5O3S. The van der Waals surface area contributed by atoms with Gasteiger partial charge in [0.1, 0.15) is 23.6 Å². The van der Waals surface area contributed by atoms with Crippen LogP contribution in [0.15, 0.2) is 35.4 Å². The van der Waals surface area contributed by atoms with Gasteiger partial charge in [-0.25, -0.2) is 35.9 Å². The second-order valence-corrected chi connectivity index (χ2v) is 10.9. The molecule has 1 atom stereocenters. The second-order valence-electron chi connectivity index (χ2n) is 8.89. The maximum atomic E-state index is 14.7. The number of nitrogens with one attached hydrogen (secondary N) is 1. The van der Waals surface area contributed by atoms with Crippen molar-refractivity contribution >= 4 is 26.9 Å². The topological polar surface area (TPSA) is 97.2 Å². The molecular weight excluding hydrogens is 471 g/mol. The summed E-state index contributed by atoms with van der Waals surface area (Å²) in [6.45, 7) is 3.74. The van der Waals surface area contributed by atoms with Crippen LogP contribution in [0.4, 0.5) is 19.0 Å². The number of aromatic nitrogens is 3. The zero-order chi connectivity index (χ0) is 25.0. The van der Waals surface area contributed by atoms with E-state index in [0.717, 1.165) is 12.3 Å². The molecule has 3 heterocycles. The van der Waals surface area contributed by atoms with Crippen molar-refractivity contribution in [1.82, 2.24) is 18.8 Å². The van der Waals surface area contributed by atoms with E-state index in [-0.39, 0.29) is 24.2 Å². The first-order chi connectivity index (χ1) is 15.8. The van der Waals surface area contributed by atoms with E-state index in [2.05, 4.69) is 15.3 Å². The number of pyridine rings is 1. The largest absolute Gasteiger partial charge is 0.363 e. The Labute approximate surface area is 194 Å². The van der Waals surface area contributed by atoms with Gasteiger partial charge in [0, 0.05) is 36.7 Å². The molecule has 1 N–H and O–H groups in total. The third-order valence-electron chi connectivity index (χ3n) is 6.29. The van der Waals surface area contributed by atoms with E-state index in [1.54, 1.807) is 20.0 Å². The molecule has 182 valence electrons. The van der Waals surface area contributed by atoms with E-state index in [4.69, 9.17) is 0 Å². The SMILES string of the molecule is C[C@@H](Nc1ncnc2c1cc(C1(C)CN(S(C)(=O)=O)C1)c(=O)n2C)c1cccc(C(F)F)c1F. The Morgan fingerprint density at radius 2 is 1.82 bits per heavy atom. The maximum absolute atomic E-state index is 14.7. The third-order valence-corrected chi connectivity index (χ3v) is 7.48. The first-order valence-corrected chi connectivity index (χ1v) is 12.3. The molecule has 1 aliphatic heterocycles. The van der Waals surface area contributed by atoms with Crippen LogP contribution in [-0.4, -0.2) is 46.6 Å². The summed E-state index contributed by atoms with van der Waals surface area (Å²) in [7, 11) is -1.83. The van der Waals surface area contributed by atoms with E-state index in [0.29, 0.717) is 22.4 Å². The number of aryl methyl sites for hydroxylation is 1. The average Bonchev–Trinajstić information content (AvgIpc) is 2.73. The van der Waals surface area contributed by atoms with Gasteiger partial charge >= 0.3 is 0 Å². The molecule has 0 saturated carbocycles. The van der Waals surface area contributed by atoms with E-state index >= 15 is 0 Å². The van der Waals surface area contributed by atoms with Gasteiger partial charge in [0.15, 0.2) is 0 Å². The quantitative estimate of drug-likeness (QED) is 0.565. The summed E-state index contributed by atoms with van der Waals surface area (Å²) in [4.78, 5) is 21.5. The van der Waals surface area contributed by atoms with Crippen LogP contribution in [0.1, 0.15) is 43.0 Å². The number of anilines is 1. The number of rotatable bonds is 6. The first-order valence-electron chi connectivity index (χ1n) is 10.5. The van der Waals surface area contributed by atoms with Crippen LogP contribution in [0.25, 0.3) is 11.0 Å². The zero-order valence-corrected chi connectivity index (χ0v) is 19.8. The molecule has 2 aromatic heterocycles. The molecule has 12 heteroatoms. The highest BCUT2D eigenvalue weighted by Gasteiger charge is 2.46. The molecule has 1 saturated heterocycles. The summed E-state index contributed by atoms with van der Waals surface area (Å²) >= 11 is 0. The molecule has 8 nitrogen and oxygen atoms in total. The van der Waals surface area contributed by atoms with Gasteiger partial charge in [-0.1, -0.05) is 25.1 Å². The molecule has 0 unspecified atom stereocenters. The highest BCUT2D eigenvalue weighted by molar-refractivity contribution is 7.88. The van der Waals surface area contributed by atoms with Gasteiger partial charge in [0.05, 0.1) is 23.2 Å². The van der Waals surface area contributed by atoms with Gasteiger partial charge in [0.2, 0.25) is 10.0 Å². The van der Waals surface area contributed by atoms with Gasteiger partial charge in [-0.05, 0) is 13.0 Å². The number of hydrogen-bond acceptors (Lipinski definition) is 6. The highest BCUT2D eigenvalue weighted by Crippen LogP contribution is 2.36.